The molecule has 2 N–H and O–H groups in total. The summed E-state index contributed by atoms with van der Waals surface area (Å²) in [5, 5.41) is 8.18. The van der Waals surface area contributed by atoms with Gasteiger partial charge in [0.05, 0.1) is 0 Å². The van der Waals surface area contributed by atoms with Crippen LogP contribution in [-0.2, 0) is 9.59 Å². The number of rotatable bonds is 4. The van der Waals surface area contributed by atoms with Crippen molar-refractivity contribution in [2.75, 3.05) is 5.32 Å². The zero-order valence-electron chi connectivity index (χ0n) is 18.0. The number of halogens is 1. The fourth-order valence-electron chi connectivity index (χ4n) is 4.71. The van der Waals surface area contributed by atoms with Gasteiger partial charge in [-0.2, -0.15) is 0 Å². The Labute approximate surface area is 195 Å². The van der Waals surface area contributed by atoms with E-state index in [0.717, 1.165) is 11.3 Å². The van der Waals surface area contributed by atoms with Crippen LogP contribution in [0.15, 0.2) is 88.8 Å². The SMILES string of the molecule is CC1=C(C(=O)Nc2cccc(F)c2)[C@@H](c2cccnc2)C2=C(C[C@H](c3cccs3)CC2=O)N1. The molecule has 33 heavy (non-hydrogen) atoms. The van der Waals surface area contributed by atoms with Crippen LogP contribution < -0.4 is 10.6 Å². The van der Waals surface area contributed by atoms with Crippen LogP contribution in [0.1, 0.15) is 42.0 Å². The first-order valence-corrected chi connectivity index (χ1v) is 11.6. The Morgan fingerprint density at radius 1 is 1.18 bits per heavy atom. The van der Waals surface area contributed by atoms with Crippen molar-refractivity contribution < 1.29 is 14.0 Å². The predicted octanol–water partition coefficient (Wildman–Crippen LogP) is 5.28. The predicted molar refractivity (Wildman–Crippen MR) is 126 cm³/mol. The lowest BCUT2D eigenvalue weighted by molar-refractivity contribution is -0.116. The second-order valence-electron chi connectivity index (χ2n) is 8.28. The molecule has 2 atom stereocenters. The first-order valence-electron chi connectivity index (χ1n) is 10.8. The fraction of sp³-hybridized carbons (Fsp3) is 0.192. The highest BCUT2D eigenvalue weighted by Gasteiger charge is 2.41. The minimum Gasteiger partial charge on any atom is -0.362 e. The van der Waals surface area contributed by atoms with E-state index in [-0.39, 0.29) is 17.6 Å². The van der Waals surface area contributed by atoms with E-state index in [4.69, 9.17) is 0 Å². The third-order valence-corrected chi connectivity index (χ3v) is 7.15. The van der Waals surface area contributed by atoms with Gasteiger partial charge in [0.25, 0.3) is 5.91 Å². The summed E-state index contributed by atoms with van der Waals surface area (Å²) in [6.45, 7) is 1.84. The third kappa shape index (κ3) is 4.12. The van der Waals surface area contributed by atoms with Gasteiger partial charge in [0, 0.05) is 63.8 Å². The minimum absolute atomic E-state index is 0.0274. The fourth-order valence-corrected chi connectivity index (χ4v) is 5.54. The van der Waals surface area contributed by atoms with Gasteiger partial charge in [0.1, 0.15) is 5.82 Å². The Bertz CT molecular complexity index is 1280. The highest BCUT2D eigenvalue weighted by atomic mass is 32.1. The number of carbonyl (C=O) groups is 2. The number of allylic oxidation sites excluding steroid dienone is 3. The van der Waals surface area contributed by atoms with Crippen molar-refractivity contribution in [1.29, 1.82) is 0 Å². The molecule has 3 aromatic rings. The van der Waals surface area contributed by atoms with Gasteiger partial charge in [-0.15, -0.1) is 11.3 Å². The molecule has 0 spiro atoms. The van der Waals surface area contributed by atoms with Gasteiger partial charge in [0.15, 0.2) is 5.78 Å². The van der Waals surface area contributed by atoms with E-state index in [2.05, 4.69) is 21.7 Å². The molecule has 0 bridgehead atoms. The molecule has 1 aliphatic heterocycles. The van der Waals surface area contributed by atoms with Crippen LogP contribution in [0.25, 0.3) is 0 Å². The van der Waals surface area contributed by atoms with Crippen molar-refractivity contribution in [2.24, 2.45) is 0 Å². The Hall–Kier alpha value is -3.58. The van der Waals surface area contributed by atoms with Crippen molar-refractivity contribution >= 4 is 28.7 Å². The maximum atomic E-state index is 13.7. The number of hydrogen-bond donors (Lipinski definition) is 2. The average molecular weight is 460 g/mol. The van der Waals surface area contributed by atoms with Crippen LogP contribution in [0.5, 0.6) is 0 Å². The summed E-state index contributed by atoms with van der Waals surface area (Å²) in [5.41, 5.74) is 3.73. The highest BCUT2D eigenvalue weighted by Crippen LogP contribution is 2.46. The monoisotopic (exact) mass is 459 g/mol. The number of anilines is 1. The van der Waals surface area contributed by atoms with Gasteiger partial charge in [-0.05, 0) is 54.6 Å². The quantitative estimate of drug-likeness (QED) is 0.557. The van der Waals surface area contributed by atoms with Crippen LogP contribution in [-0.4, -0.2) is 16.7 Å². The summed E-state index contributed by atoms with van der Waals surface area (Å²) in [4.78, 5) is 32.3. The Morgan fingerprint density at radius 2 is 2.06 bits per heavy atom. The number of dihydropyridines is 1. The standard InChI is InChI=1S/C26H22FN3O2S/c1-15-23(26(32)30-19-7-2-6-18(27)13-19)24(16-5-3-9-28-14-16)25-20(29-15)11-17(12-21(25)31)22-8-4-10-33-22/h2-10,13-14,17,24,29H,11-12H2,1H3,(H,30,32)/t17-,24+/m0/s1. The van der Waals surface area contributed by atoms with E-state index in [1.54, 1.807) is 41.9 Å². The largest absolute Gasteiger partial charge is 0.362 e. The molecule has 3 heterocycles. The smallest absolute Gasteiger partial charge is 0.254 e. The number of amides is 1. The van der Waals surface area contributed by atoms with Crippen LogP contribution in [0.4, 0.5) is 10.1 Å². The second kappa shape index (κ2) is 8.75. The van der Waals surface area contributed by atoms with Gasteiger partial charge < -0.3 is 10.6 Å². The van der Waals surface area contributed by atoms with Gasteiger partial charge in [-0.3, -0.25) is 14.6 Å². The molecule has 1 amide bonds. The lowest BCUT2D eigenvalue weighted by Crippen LogP contribution is -2.37. The Kier molecular flexibility index (Phi) is 5.64. The number of benzene rings is 1. The summed E-state index contributed by atoms with van der Waals surface area (Å²) < 4.78 is 13.7. The molecule has 166 valence electrons. The van der Waals surface area contributed by atoms with E-state index in [1.165, 1.54) is 17.0 Å². The number of nitrogens with zero attached hydrogens (tertiary/aromatic N) is 1. The van der Waals surface area contributed by atoms with Gasteiger partial charge in [-0.25, -0.2) is 4.39 Å². The van der Waals surface area contributed by atoms with Gasteiger partial charge in [0.2, 0.25) is 0 Å². The van der Waals surface area contributed by atoms with Crippen molar-refractivity contribution in [3.8, 4) is 0 Å². The molecule has 0 saturated heterocycles. The molecule has 0 unspecified atom stereocenters. The zero-order chi connectivity index (χ0) is 22.9. The number of hydrogen-bond acceptors (Lipinski definition) is 5. The molecule has 5 nitrogen and oxygen atoms in total. The van der Waals surface area contributed by atoms with E-state index in [0.29, 0.717) is 35.4 Å². The minimum atomic E-state index is -0.541. The molecular weight excluding hydrogens is 437 g/mol. The topological polar surface area (TPSA) is 71.1 Å². The first kappa shape index (κ1) is 21.3. The molecule has 7 heteroatoms. The number of Topliss-reactive ketones (excluding diaryl/α,β-unsaturated/α-hetero) is 1. The van der Waals surface area contributed by atoms with Crippen molar-refractivity contribution in [3.63, 3.8) is 0 Å². The molecule has 0 fully saturated rings. The molecule has 5 rings (SSSR count). The number of thiophene rings is 1. The van der Waals surface area contributed by atoms with E-state index in [9.17, 15) is 14.0 Å². The number of carbonyl (C=O) groups excluding carboxylic acids is 2. The molecule has 2 aliphatic rings. The lowest BCUT2D eigenvalue weighted by Gasteiger charge is -2.36. The number of nitrogens with one attached hydrogen (secondary N) is 2. The summed E-state index contributed by atoms with van der Waals surface area (Å²) in [6, 6.07) is 13.5. The molecule has 1 aliphatic carbocycles. The van der Waals surface area contributed by atoms with Crippen LogP contribution in [0.2, 0.25) is 0 Å². The maximum Gasteiger partial charge on any atom is 0.254 e. The third-order valence-electron chi connectivity index (χ3n) is 6.12. The normalized spacial score (nSPS) is 20.4. The van der Waals surface area contributed by atoms with Crippen LogP contribution in [0.3, 0.4) is 0 Å². The number of pyridine rings is 1. The average Bonchev–Trinajstić information content (AvgIpc) is 3.33. The van der Waals surface area contributed by atoms with Crippen molar-refractivity contribution in [2.45, 2.75) is 31.6 Å². The molecule has 1 aromatic carbocycles. The summed E-state index contributed by atoms with van der Waals surface area (Å²) in [6.07, 6.45) is 4.46. The Balaban J connectivity index is 1.55. The molecular formula is C26H22FN3O2S. The van der Waals surface area contributed by atoms with Crippen molar-refractivity contribution in [1.82, 2.24) is 10.3 Å². The number of aromatic nitrogens is 1. The molecule has 0 saturated carbocycles. The first-order chi connectivity index (χ1) is 16.0. The highest BCUT2D eigenvalue weighted by molar-refractivity contribution is 7.10. The van der Waals surface area contributed by atoms with E-state index in [1.807, 2.05) is 24.4 Å². The summed E-state index contributed by atoms with van der Waals surface area (Å²) in [5.74, 6) is -1.20. The van der Waals surface area contributed by atoms with Crippen LogP contribution in [0, 0.1) is 5.82 Å². The van der Waals surface area contributed by atoms with Gasteiger partial charge >= 0.3 is 0 Å². The lowest BCUT2D eigenvalue weighted by atomic mass is 9.73. The zero-order valence-corrected chi connectivity index (χ0v) is 18.8. The summed E-state index contributed by atoms with van der Waals surface area (Å²) in [7, 11) is 0. The summed E-state index contributed by atoms with van der Waals surface area (Å²) >= 11 is 1.66. The molecule has 0 radical (unpaired) electrons. The van der Waals surface area contributed by atoms with E-state index < -0.39 is 11.7 Å². The Morgan fingerprint density at radius 3 is 2.79 bits per heavy atom. The molecule has 2 aromatic heterocycles. The second-order valence-corrected chi connectivity index (χ2v) is 9.26. The van der Waals surface area contributed by atoms with Gasteiger partial charge in [-0.1, -0.05) is 18.2 Å². The number of ketones is 1. The van der Waals surface area contributed by atoms with Crippen LogP contribution >= 0.6 is 11.3 Å². The van der Waals surface area contributed by atoms with Crippen molar-refractivity contribution in [3.05, 3.63) is 105 Å². The van der Waals surface area contributed by atoms with E-state index >= 15 is 0 Å². The maximum absolute atomic E-state index is 13.7.